The Labute approximate surface area is 103 Å². The fourth-order valence-corrected chi connectivity index (χ4v) is 2.24. The topological polar surface area (TPSA) is 50.7 Å². The Bertz CT molecular complexity index is 378. The summed E-state index contributed by atoms with van der Waals surface area (Å²) in [5, 5.41) is 13.3. The summed E-state index contributed by atoms with van der Waals surface area (Å²) in [7, 11) is 1.54. The van der Waals surface area contributed by atoms with Gasteiger partial charge in [0, 0.05) is 16.6 Å². The number of phenolic OH excluding ortho intramolecular Hbond substituents is 1. The number of aromatic hydroxyl groups is 1. The second-order valence-electron chi connectivity index (χ2n) is 3.63. The van der Waals surface area contributed by atoms with Gasteiger partial charge in [-0.1, -0.05) is 15.9 Å². The van der Waals surface area contributed by atoms with Crippen LogP contribution in [-0.4, -0.2) is 32.0 Å². The molecule has 0 unspecified atom stereocenters. The average Bonchev–Trinajstić information content (AvgIpc) is 2.33. The quantitative estimate of drug-likeness (QED) is 0.871. The summed E-state index contributed by atoms with van der Waals surface area (Å²) < 4.78 is 11.4. The molecular weight excluding hydrogens is 274 g/mol. The molecule has 1 heterocycles. The van der Waals surface area contributed by atoms with E-state index in [2.05, 4.69) is 21.2 Å². The molecule has 2 N–H and O–H groups in total. The van der Waals surface area contributed by atoms with Gasteiger partial charge in [-0.05, 0) is 12.1 Å². The number of rotatable bonds is 2. The number of hydrogen-bond acceptors (Lipinski definition) is 4. The fraction of sp³-hybridized carbons (Fsp3) is 0.455. The number of ether oxygens (including phenoxy) is 2. The van der Waals surface area contributed by atoms with Crippen LogP contribution in [-0.2, 0) is 4.74 Å². The highest BCUT2D eigenvalue weighted by Crippen LogP contribution is 2.37. The lowest BCUT2D eigenvalue weighted by Crippen LogP contribution is -2.34. The maximum atomic E-state index is 10.0. The number of methoxy groups -OCH3 is 1. The van der Waals surface area contributed by atoms with Gasteiger partial charge in [0.1, 0.15) is 0 Å². The zero-order valence-electron chi connectivity index (χ0n) is 9.00. The lowest BCUT2D eigenvalue weighted by Gasteiger charge is -2.25. The van der Waals surface area contributed by atoms with E-state index in [4.69, 9.17) is 9.47 Å². The summed E-state index contributed by atoms with van der Waals surface area (Å²) in [6.45, 7) is 2.06. The van der Waals surface area contributed by atoms with Crippen molar-refractivity contribution in [3.05, 3.63) is 22.2 Å². The van der Waals surface area contributed by atoms with Crippen LogP contribution in [0.15, 0.2) is 16.6 Å². The predicted molar refractivity (Wildman–Crippen MR) is 63.9 cm³/mol. The van der Waals surface area contributed by atoms with Crippen molar-refractivity contribution in [1.29, 1.82) is 0 Å². The lowest BCUT2D eigenvalue weighted by atomic mass is 10.1. The molecule has 16 heavy (non-hydrogen) atoms. The Balaban J connectivity index is 2.34. The van der Waals surface area contributed by atoms with E-state index in [1.807, 2.05) is 6.07 Å². The number of phenols is 1. The van der Waals surface area contributed by atoms with Crippen LogP contribution >= 0.6 is 15.9 Å². The Morgan fingerprint density at radius 2 is 2.38 bits per heavy atom. The molecule has 1 aliphatic rings. The van der Waals surface area contributed by atoms with Gasteiger partial charge in [0.2, 0.25) is 0 Å². The fourth-order valence-electron chi connectivity index (χ4n) is 1.78. The van der Waals surface area contributed by atoms with Gasteiger partial charge >= 0.3 is 0 Å². The van der Waals surface area contributed by atoms with Crippen LogP contribution in [0.4, 0.5) is 0 Å². The summed E-state index contributed by atoms with van der Waals surface area (Å²) in [6, 6.07) is 3.63. The van der Waals surface area contributed by atoms with Crippen molar-refractivity contribution in [3.8, 4) is 11.5 Å². The van der Waals surface area contributed by atoms with Crippen molar-refractivity contribution in [2.45, 2.75) is 6.04 Å². The van der Waals surface area contributed by atoms with Crippen molar-refractivity contribution in [1.82, 2.24) is 5.32 Å². The van der Waals surface area contributed by atoms with E-state index in [-0.39, 0.29) is 11.8 Å². The summed E-state index contributed by atoms with van der Waals surface area (Å²) in [4.78, 5) is 0. The number of nitrogens with one attached hydrogen (secondary N) is 1. The third kappa shape index (κ3) is 2.31. The first-order chi connectivity index (χ1) is 7.72. The van der Waals surface area contributed by atoms with Gasteiger partial charge in [-0.15, -0.1) is 0 Å². The van der Waals surface area contributed by atoms with Crippen molar-refractivity contribution < 1.29 is 14.6 Å². The van der Waals surface area contributed by atoms with Crippen molar-refractivity contribution in [3.63, 3.8) is 0 Å². The standard InChI is InChI=1S/C11H14BrNO3/c1-15-10-5-7(12)4-8(11(10)14)9-6-16-3-2-13-9/h4-5,9,13-14H,2-3,6H2,1H3/t9-/m0/s1. The third-order valence-electron chi connectivity index (χ3n) is 2.59. The van der Waals surface area contributed by atoms with Crippen molar-refractivity contribution >= 4 is 15.9 Å². The Hall–Kier alpha value is -0.780. The average molecular weight is 288 g/mol. The summed E-state index contributed by atoms with van der Waals surface area (Å²) in [6.07, 6.45) is 0. The monoisotopic (exact) mass is 287 g/mol. The lowest BCUT2D eigenvalue weighted by molar-refractivity contribution is 0.0759. The molecule has 0 aromatic heterocycles. The molecule has 1 aliphatic heterocycles. The molecule has 0 amide bonds. The largest absolute Gasteiger partial charge is 0.504 e. The van der Waals surface area contributed by atoms with Crippen molar-refractivity contribution in [2.24, 2.45) is 0 Å². The minimum absolute atomic E-state index is 0.0140. The van der Waals surface area contributed by atoms with Crippen LogP contribution in [0.3, 0.4) is 0 Å². The van der Waals surface area contributed by atoms with Crippen LogP contribution in [0.2, 0.25) is 0 Å². The van der Waals surface area contributed by atoms with E-state index in [1.165, 1.54) is 7.11 Å². The molecule has 1 aromatic rings. The van der Waals surface area contributed by atoms with Gasteiger partial charge < -0.3 is 19.9 Å². The second kappa shape index (κ2) is 5.03. The number of benzene rings is 1. The van der Waals surface area contributed by atoms with E-state index in [0.29, 0.717) is 19.0 Å². The Kier molecular flexibility index (Phi) is 3.68. The second-order valence-corrected chi connectivity index (χ2v) is 4.54. The van der Waals surface area contributed by atoms with Gasteiger partial charge in [0.25, 0.3) is 0 Å². The zero-order valence-corrected chi connectivity index (χ0v) is 10.6. The number of halogens is 1. The van der Waals surface area contributed by atoms with Crippen LogP contribution in [0.25, 0.3) is 0 Å². The number of morpholine rings is 1. The molecule has 88 valence electrons. The highest BCUT2D eigenvalue weighted by atomic mass is 79.9. The van der Waals surface area contributed by atoms with E-state index < -0.39 is 0 Å². The molecule has 4 nitrogen and oxygen atoms in total. The molecule has 5 heteroatoms. The SMILES string of the molecule is COc1cc(Br)cc([C@@H]2COCCN2)c1O. The zero-order chi connectivity index (χ0) is 11.5. The molecular formula is C11H14BrNO3. The highest BCUT2D eigenvalue weighted by molar-refractivity contribution is 9.10. The Morgan fingerprint density at radius 1 is 1.56 bits per heavy atom. The van der Waals surface area contributed by atoms with Crippen LogP contribution in [0.1, 0.15) is 11.6 Å². The van der Waals surface area contributed by atoms with Crippen LogP contribution < -0.4 is 10.1 Å². The highest BCUT2D eigenvalue weighted by Gasteiger charge is 2.21. The Morgan fingerprint density at radius 3 is 3.00 bits per heavy atom. The van der Waals surface area contributed by atoms with Crippen molar-refractivity contribution in [2.75, 3.05) is 26.9 Å². The smallest absolute Gasteiger partial charge is 0.162 e. The predicted octanol–water partition coefficient (Wildman–Crippen LogP) is 1.82. The minimum atomic E-state index is 0.0140. The molecule has 1 fully saturated rings. The maximum absolute atomic E-state index is 10.0. The van der Waals surface area contributed by atoms with Gasteiger partial charge in [0.05, 0.1) is 26.4 Å². The first-order valence-corrected chi connectivity index (χ1v) is 5.89. The molecule has 1 atom stereocenters. The number of hydrogen-bond donors (Lipinski definition) is 2. The molecule has 0 bridgehead atoms. The molecule has 1 aromatic carbocycles. The van der Waals surface area contributed by atoms with E-state index in [9.17, 15) is 5.11 Å². The third-order valence-corrected chi connectivity index (χ3v) is 3.04. The molecule has 0 radical (unpaired) electrons. The molecule has 1 saturated heterocycles. The van der Waals surface area contributed by atoms with E-state index >= 15 is 0 Å². The van der Waals surface area contributed by atoms with Gasteiger partial charge in [-0.25, -0.2) is 0 Å². The molecule has 0 aliphatic carbocycles. The maximum Gasteiger partial charge on any atom is 0.162 e. The first-order valence-electron chi connectivity index (χ1n) is 5.10. The molecule has 0 saturated carbocycles. The molecule has 2 rings (SSSR count). The van der Waals surface area contributed by atoms with E-state index in [0.717, 1.165) is 16.6 Å². The van der Waals surface area contributed by atoms with Crippen LogP contribution in [0.5, 0.6) is 11.5 Å². The molecule has 0 spiro atoms. The van der Waals surface area contributed by atoms with Gasteiger partial charge in [-0.3, -0.25) is 0 Å². The summed E-state index contributed by atoms with van der Waals surface area (Å²) in [5.41, 5.74) is 0.797. The summed E-state index contributed by atoms with van der Waals surface area (Å²) >= 11 is 3.39. The van der Waals surface area contributed by atoms with E-state index in [1.54, 1.807) is 6.07 Å². The van der Waals surface area contributed by atoms with Crippen LogP contribution in [0, 0.1) is 0 Å². The first kappa shape index (κ1) is 11.7. The normalized spacial score (nSPS) is 20.8. The van der Waals surface area contributed by atoms with Gasteiger partial charge in [-0.2, -0.15) is 0 Å². The van der Waals surface area contributed by atoms with Gasteiger partial charge in [0.15, 0.2) is 11.5 Å². The summed E-state index contributed by atoms with van der Waals surface area (Å²) in [5.74, 6) is 0.644. The minimum Gasteiger partial charge on any atom is -0.504 e.